The monoisotopic (exact) mass is 278 g/mol. The smallest absolute Gasteiger partial charge is 0.155 e. The van der Waals surface area contributed by atoms with Crippen LogP contribution in [0.15, 0.2) is 42.5 Å². The minimum Gasteiger partial charge on any atom is -0.382 e. The number of nitrogens with zero attached hydrogens (tertiary/aromatic N) is 3. The molecule has 0 aliphatic heterocycles. The number of aryl methyl sites for hydroxylation is 3. The average molecular weight is 278 g/mol. The van der Waals surface area contributed by atoms with Crippen LogP contribution in [0.4, 0.5) is 5.82 Å². The molecule has 0 spiro atoms. The summed E-state index contributed by atoms with van der Waals surface area (Å²) in [6.07, 6.45) is 0. The molecule has 0 fully saturated rings. The molecular weight excluding hydrogens is 260 g/mol. The number of hydrogen-bond donors (Lipinski definition) is 1. The molecule has 4 heteroatoms. The summed E-state index contributed by atoms with van der Waals surface area (Å²) >= 11 is 0. The number of nitrogen functional groups attached to an aromatic ring is 1. The van der Waals surface area contributed by atoms with E-state index in [-0.39, 0.29) is 0 Å². The Bertz CT molecular complexity index is 765. The largest absolute Gasteiger partial charge is 0.382 e. The summed E-state index contributed by atoms with van der Waals surface area (Å²) in [7, 11) is 0. The predicted octanol–water partition coefficient (Wildman–Crippen LogP) is 3.44. The highest BCUT2D eigenvalue weighted by Gasteiger charge is 2.15. The molecule has 0 aliphatic carbocycles. The van der Waals surface area contributed by atoms with Gasteiger partial charge in [0.05, 0.1) is 5.69 Å². The molecule has 0 saturated carbocycles. The molecule has 21 heavy (non-hydrogen) atoms. The molecule has 0 bridgehead atoms. The summed E-state index contributed by atoms with van der Waals surface area (Å²) < 4.78 is 1.73. The van der Waals surface area contributed by atoms with Crippen LogP contribution in [0.3, 0.4) is 0 Å². The van der Waals surface area contributed by atoms with Crippen molar-refractivity contribution in [1.82, 2.24) is 15.0 Å². The summed E-state index contributed by atoms with van der Waals surface area (Å²) in [6.45, 7) is 6.22. The first-order valence-corrected chi connectivity index (χ1v) is 6.92. The van der Waals surface area contributed by atoms with E-state index in [0.29, 0.717) is 5.82 Å². The summed E-state index contributed by atoms with van der Waals surface area (Å²) in [5.74, 6) is 0.566. The van der Waals surface area contributed by atoms with E-state index in [2.05, 4.69) is 43.2 Å². The van der Waals surface area contributed by atoms with Crippen LogP contribution in [0, 0.1) is 20.8 Å². The molecule has 2 N–H and O–H groups in total. The normalized spacial score (nSPS) is 10.8. The molecule has 0 aliphatic rings. The van der Waals surface area contributed by atoms with Crippen LogP contribution in [0.1, 0.15) is 16.7 Å². The Labute approximate surface area is 124 Å². The lowest BCUT2D eigenvalue weighted by Gasteiger charge is -2.12. The Morgan fingerprint density at radius 3 is 2.19 bits per heavy atom. The third-order valence-electron chi connectivity index (χ3n) is 3.60. The first-order chi connectivity index (χ1) is 10.1. The number of aromatic nitrogens is 3. The van der Waals surface area contributed by atoms with Crippen molar-refractivity contribution >= 4 is 5.82 Å². The van der Waals surface area contributed by atoms with Gasteiger partial charge in [-0.05, 0) is 31.9 Å². The lowest BCUT2D eigenvalue weighted by atomic mass is 10.1. The molecule has 4 nitrogen and oxygen atoms in total. The van der Waals surface area contributed by atoms with Crippen LogP contribution in [-0.2, 0) is 0 Å². The van der Waals surface area contributed by atoms with E-state index < -0.39 is 0 Å². The number of rotatable bonds is 2. The zero-order valence-corrected chi connectivity index (χ0v) is 12.5. The van der Waals surface area contributed by atoms with Gasteiger partial charge in [-0.2, -0.15) is 4.68 Å². The van der Waals surface area contributed by atoms with Crippen LogP contribution >= 0.6 is 0 Å². The van der Waals surface area contributed by atoms with Crippen molar-refractivity contribution in [3.05, 3.63) is 59.2 Å². The van der Waals surface area contributed by atoms with Gasteiger partial charge < -0.3 is 5.73 Å². The van der Waals surface area contributed by atoms with E-state index in [0.717, 1.165) is 28.1 Å². The van der Waals surface area contributed by atoms with E-state index in [1.54, 1.807) is 4.68 Å². The Morgan fingerprint density at radius 1 is 0.952 bits per heavy atom. The van der Waals surface area contributed by atoms with Crippen LogP contribution < -0.4 is 5.73 Å². The molecular formula is C17H18N4. The lowest BCUT2D eigenvalue weighted by Crippen LogP contribution is -2.06. The number of anilines is 1. The molecule has 0 atom stereocenters. The van der Waals surface area contributed by atoms with Crippen molar-refractivity contribution in [3.63, 3.8) is 0 Å². The number of nitrogens with two attached hydrogens (primary N) is 1. The molecule has 0 radical (unpaired) electrons. The molecule has 106 valence electrons. The van der Waals surface area contributed by atoms with Crippen LogP contribution in [0.5, 0.6) is 0 Å². The second-order valence-corrected chi connectivity index (χ2v) is 5.35. The highest BCUT2D eigenvalue weighted by molar-refractivity contribution is 5.71. The van der Waals surface area contributed by atoms with E-state index in [1.165, 1.54) is 5.56 Å². The minimum atomic E-state index is 0.566. The Hall–Kier alpha value is -2.62. The summed E-state index contributed by atoms with van der Waals surface area (Å²) in [6, 6.07) is 14.1. The van der Waals surface area contributed by atoms with E-state index in [4.69, 9.17) is 5.73 Å². The average Bonchev–Trinajstić information content (AvgIpc) is 2.81. The van der Waals surface area contributed by atoms with Crippen LogP contribution in [-0.4, -0.2) is 15.0 Å². The number of benzene rings is 2. The second kappa shape index (κ2) is 5.05. The highest BCUT2D eigenvalue weighted by Crippen LogP contribution is 2.28. The second-order valence-electron chi connectivity index (χ2n) is 5.35. The Balaban J connectivity index is 2.16. The van der Waals surface area contributed by atoms with E-state index >= 15 is 0 Å². The van der Waals surface area contributed by atoms with Crippen molar-refractivity contribution in [2.75, 3.05) is 5.73 Å². The fourth-order valence-corrected chi connectivity index (χ4v) is 2.76. The van der Waals surface area contributed by atoms with Crippen molar-refractivity contribution in [3.8, 4) is 16.9 Å². The van der Waals surface area contributed by atoms with Gasteiger partial charge in [-0.25, -0.2) is 0 Å². The molecule has 2 aromatic carbocycles. The fourth-order valence-electron chi connectivity index (χ4n) is 2.76. The van der Waals surface area contributed by atoms with Gasteiger partial charge in [0.15, 0.2) is 5.82 Å². The minimum absolute atomic E-state index is 0.566. The summed E-state index contributed by atoms with van der Waals surface area (Å²) in [4.78, 5) is 0. The zero-order valence-electron chi connectivity index (χ0n) is 12.5. The molecule has 0 amide bonds. The van der Waals surface area contributed by atoms with E-state index in [9.17, 15) is 0 Å². The zero-order chi connectivity index (χ0) is 15.0. The van der Waals surface area contributed by atoms with Crippen molar-refractivity contribution in [1.29, 1.82) is 0 Å². The molecule has 1 aromatic heterocycles. The molecule has 3 aromatic rings. The van der Waals surface area contributed by atoms with Gasteiger partial charge in [-0.1, -0.05) is 53.2 Å². The maximum Gasteiger partial charge on any atom is 0.155 e. The first kappa shape index (κ1) is 13.4. The van der Waals surface area contributed by atoms with Gasteiger partial charge >= 0.3 is 0 Å². The van der Waals surface area contributed by atoms with Crippen molar-refractivity contribution in [2.45, 2.75) is 20.8 Å². The maximum absolute atomic E-state index is 6.28. The van der Waals surface area contributed by atoms with Gasteiger partial charge in [0, 0.05) is 5.56 Å². The van der Waals surface area contributed by atoms with Crippen molar-refractivity contribution in [2.24, 2.45) is 0 Å². The van der Waals surface area contributed by atoms with Crippen LogP contribution in [0.2, 0.25) is 0 Å². The maximum atomic E-state index is 6.28. The van der Waals surface area contributed by atoms with Gasteiger partial charge in [0.1, 0.15) is 5.69 Å². The quantitative estimate of drug-likeness (QED) is 0.781. The van der Waals surface area contributed by atoms with Gasteiger partial charge in [0.2, 0.25) is 0 Å². The summed E-state index contributed by atoms with van der Waals surface area (Å²) in [5, 5.41) is 8.51. The third kappa shape index (κ3) is 2.29. The molecule has 3 rings (SSSR count). The van der Waals surface area contributed by atoms with Gasteiger partial charge in [0.25, 0.3) is 0 Å². The third-order valence-corrected chi connectivity index (χ3v) is 3.60. The molecule has 0 unspecified atom stereocenters. The van der Waals surface area contributed by atoms with E-state index in [1.807, 2.05) is 30.3 Å². The topological polar surface area (TPSA) is 56.7 Å². The number of hydrogen-bond acceptors (Lipinski definition) is 3. The van der Waals surface area contributed by atoms with Gasteiger partial charge in [-0.3, -0.25) is 0 Å². The van der Waals surface area contributed by atoms with Gasteiger partial charge in [-0.15, -0.1) is 5.10 Å². The Kier molecular flexibility index (Phi) is 3.22. The fraction of sp³-hybridized carbons (Fsp3) is 0.176. The molecule has 0 saturated heterocycles. The van der Waals surface area contributed by atoms with Crippen molar-refractivity contribution < 1.29 is 0 Å². The Morgan fingerprint density at radius 2 is 1.57 bits per heavy atom. The molecule has 1 heterocycles. The first-order valence-electron chi connectivity index (χ1n) is 6.92. The van der Waals surface area contributed by atoms with Crippen LogP contribution in [0.25, 0.3) is 16.9 Å². The lowest BCUT2D eigenvalue weighted by molar-refractivity contribution is 0.800. The predicted molar refractivity (Wildman–Crippen MR) is 85.4 cm³/mol. The highest BCUT2D eigenvalue weighted by atomic mass is 15.5. The summed E-state index contributed by atoms with van der Waals surface area (Å²) in [5.41, 5.74) is 12.5. The standard InChI is InChI=1S/C17H18N4/c1-11-9-12(2)16(13(3)10-11)21-17(18)15(19-20-21)14-7-5-4-6-8-14/h4-10H,18H2,1-3H3. The SMILES string of the molecule is Cc1cc(C)c(-n2nnc(-c3ccccc3)c2N)c(C)c1.